The summed E-state index contributed by atoms with van der Waals surface area (Å²) in [6.07, 6.45) is 3.61. The van der Waals surface area contributed by atoms with Crippen LogP contribution in [0.2, 0.25) is 0 Å². The standard InChI is InChI=1S/C15H22N2O3S/c1-3-11-5-6-12(9-14(11)21(16,19)20)15(18)17-13-7-4-10(2)8-13/h5-6,9-10,13H,3-4,7-8H2,1-2H3,(H,17,18)(H2,16,19,20). The molecule has 1 amide bonds. The van der Waals surface area contributed by atoms with Crippen molar-refractivity contribution in [3.05, 3.63) is 29.3 Å². The van der Waals surface area contributed by atoms with E-state index in [4.69, 9.17) is 5.14 Å². The van der Waals surface area contributed by atoms with E-state index in [0.29, 0.717) is 23.5 Å². The first-order chi connectivity index (χ1) is 9.81. The van der Waals surface area contributed by atoms with E-state index in [-0.39, 0.29) is 16.8 Å². The van der Waals surface area contributed by atoms with Crippen molar-refractivity contribution in [1.82, 2.24) is 5.32 Å². The van der Waals surface area contributed by atoms with Gasteiger partial charge in [-0.1, -0.05) is 19.9 Å². The number of rotatable bonds is 4. The van der Waals surface area contributed by atoms with Gasteiger partial charge in [0.15, 0.2) is 0 Å². The SMILES string of the molecule is CCc1ccc(C(=O)NC2CCC(C)C2)cc1S(N)(=O)=O. The Labute approximate surface area is 126 Å². The Balaban J connectivity index is 2.22. The summed E-state index contributed by atoms with van der Waals surface area (Å²) in [5.41, 5.74) is 0.972. The maximum Gasteiger partial charge on any atom is 0.251 e. The van der Waals surface area contributed by atoms with Crippen molar-refractivity contribution in [2.75, 3.05) is 0 Å². The molecule has 6 heteroatoms. The fourth-order valence-electron chi connectivity index (χ4n) is 2.86. The molecule has 2 rings (SSSR count). The number of benzene rings is 1. The number of carbonyl (C=O) groups is 1. The van der Waals surface area contributed by atoms with Crippen molar-refractivity contribution in [1.29, 1.82) is 0 Å². The summed E-state index contributed by atoms with van der Waals surface area (Å²) >= 11 is 0. The summed E-state index contributed by atoms with van der Waals surface area (Å²) in [5, 5.41) is 8.19. The second-order valence-electron chi connectivity index (χ2n) is 5.81. The van der Waals surface area contributed by atoms with Gasteiger partial charge >= 0.3 is 0 Å². The van der Waals surface area contributed by atoms with Crippen molar-refractivity contribution in [2.45, 2.75) is 50.5 Å². The summed E-state index contributed by atoms with van der Waals surface area (Å²) in [5.74, 6) is 0.388. The first-order valence-corrected chi connectivity index (χ1v) is 8.82. The second kappa shape index (κ2) is 6.15. The lowest BCUT2D eigenvalue weighted by molar-refractivity contribution is 0.0937. The van der Waals surface area contributed by atoms with Crippen LogP contribution in [0.4, 0.5) is 0 Å². The van der Waals surface area contributed by atoms with Crippen molar-refractivity contribution in [2.24, 2.45) is 11.1 Å². The largest absolute Gasteiger partial charge is 0.349 e. The molecular formula is C15H22N2O3S. The smallest absolute Gasteiger partial charge is 0.251 e. The lowest BCUT2D eigenvalue weighted by Crippen LogP contribution is -2.33. The summed E-state index contributed by atoms with van der Waals surface area (Å²) < 4.78 is 23.2. The highest BCUT2D eigenvalue weighted by atomic mass is 32.2. The van der Waals surface area contributed by atoms with E-state index < -0.39 is 10.0 Å². The maximum atomic E-state index is 12.2. The molecule has 1 aliphatic rings. The maximum absolute atomic E-state index is 12.2. The van der Waals surface area contributed by atoms with E-state index in [1.54, 1.807) is 12.1 Å². The minimum Gasteiger partial charge on any atom is -0.349 e. The van der Waals surface area contributed by atoms with Gasteiger partial charge in [0, 0.05) is 11.6 Å². The van der Waals surface area contributed by atoms with Crippen LogP contribution in [-0.4, -0.2) is 20.4 Å². The summed E-state index contributed by atoms with van der Waals surface area (Å²) in [4.78, 5) is 12.3. The third kappa shape index (κ3) is 3.83. The molecule has 116 valence electrons. The van der Waals surface area contributed by atoms with Crippen LogP contribution in [0.5, 0.6) is 0 Å². The Kier molecular flexibility index (Phi) is 4.68. The number of aryl methyl sites for hydroxylation is 1. The quantitative estimate of drug-likeness (QED) is 0.889. The molecule has 1 fully saturated rings. The third-order valence-electron chi connectivity index (χ3n) is 4.05. The second-order valence-corrected chi connectivity index (χ2v) is 7.34. The molecule has 1 aromatic rings. The molecule has 2 unspecified atom stereocenters. The Morgan fingerprint density at radius 3 is 2.62 bits per heavy atom. The molecule has 0 radical (unpaired) electrons. The number of hydrogen-bond acceptors (Lipinski definition) is 3. The molecule has 21 heavy (non-hydrogen) atoms. The van der Waals surface area contributed by atoms with Gasteiger partial charge in [-0.2, -0.15) is 0 Å². The monoisotopic (exact) mass is 310 g/mol. The average Bonchev–Trinajstić information content (AvgIpc) is 2.82. The Morgan fingerprint density at radius 1 is 1.38 bits per heavy atom. The van der Waals surface area contributed by atoms with Gasteiger partial charge < -0.3 is 5.32 Å². The van der Waals surface area contributed by atoms with E-state index in [9.17, 15) is 13.2 Å². The fourth-order valence-corrected chi connectivity index (χ4v) is 3.73. The highest BCUT2D eigenvalue weighted by Crippen LogP contribution is 2.25. The van der Waals surface area contributed by atoms with Crippen molar-refractivity contribution in [3.8, 4) is 0 Å². The molecule has 0 aromatic heterocycles. The molecule has 0 heterocycles. The number of nitrogens with two attached hydrogens (primary N) is 1. The molecule has 1 aromatic carbocycles. The van der Waals surface area contributed by atoms with Gasteiger partial charge in [0.1, 0.15) is 0 Å². The topological polar surface area (TPSA) is 89.3 Å². The fraction of sp³-hybridized carbons (Fsp3) is 0.533. The van der Waals surface area contributed by atoms with Gasteiger partial charge in [-0.05, 0) is 49.3 Å². The average molecular weight is 310 g/mol. The van der Waals surface area contributed by atoms with Gasteiger partial charge in [-0.15, -0.1) is 0 Å². The third-order valence-corrected chi connectivity index (χ3v) is 5.04. The Morgan fingerprint density at radius 2 is 2.10 bits per heavy atom. The molecular weight excluding hydrogens is 288 g/mol. The normalized spacial score (nSPS) is 22.2. The van der Waals surface area contributed by atoms with Gasteiger partial charge in [-0.25, -0.2) is 13.6 Å². The van der Waals surface area contributed by atoms with Crippen LogP contribution in [0.1, 0.15) is 49.0 Å². The van der Waals surface area contributed by atoms with Crippen LogP contribution in [0.3, 0.4) is 0 Å². The highest BCUT2D eigenvalue weighted by Gasteiger charge is 2.24. The summed E-state index contributed by atoms with van der Waals surface area (Å²) in [7, 11) is -3.82. The molecule has 0 bridgehead atoms. The van der Waals surface area contributed by atoms with E-state index in [0.717, 1.165) is 19.3 Å². The van der Waals surface area contributed by atoms with Crippen molar-refractivity contribution in [3.63, 3.8) is 0 Å². The lowest BCUT2D eigenvalue weighted by atomic mass is 10.1. The number of sulfonamides is 1. The predicted molar refractivity (Wildman–Crippen MR) is 81.5 cm³/mol. The minimum absolute atomic E-state index is 0.0393. The molecule has 0 spiro atoms. The summed E-state index contributed by atoms with van der Waals surface area (Å²) in [6.45, 7) is 4.02. The zero-order valence-electron chi connectivity index (χ0n) is 12.4. The molecule has 2 atom stereocenters. The van der Waals surface area contributed by atoms with Gasteiger partial charge in [0.2, 0.25) is 10.0 Å². The van der Waals surface area contributed by atoms with Gasteiger partial charge in [0.05, 0.1) is 4.90 Å². The van der Waals surface area contributed by atoms with Crippen LogP contribution >= 0.6 is 0 Å². The van der Waals surface area contributed by atoms with Crippen molar-refractivity contribution >= 4 is 15.9 Å². The van der Waals surface area contributed by atoms with Crippen molar-refractivity contribution < 1.29 is 13.2 Å². The zero-order chi connectivity index (χ0) is 15.6. The van der Waals surface area contributed by atoms with Gasteiger partial charge in [-0.3, -0.25) is 4.79 Å². The van der Waals surface area contributed by atoms with E-state index >= 15 is 0 Å². The molecule has 1 aliphatic carbocycles. The Hall–Kier alpha value is -1.40. The molecule has 1 saturated carbocycles. The van der Waals surface area contributed by atoms with Crippen LogP contribution in [0.15, 0.2) is 23.1 Å². The molecule has 3 N–H and O–H groups in total. The molecule has 0 aliphatic heterocycles. The Bertz CT molecular complexity index is 640. The first-order valence-electron chi connectivity index (χ1n) is 7.27. The van der Waals surface area contributed by atoms with E-state index in [1.165, 1.54) is 6.07 Å². The zero-order valence-corrected chi connectivity index (χ0v) is 13.2. The predicted octanol–water partition coefficient (Wildman–Crippen LogP) is 1.81. The lowest BCUT2D eigenvalue weighted by Gasteiger charge is -2.14. The highest BCUT2D eigenvalue weighted by molar-refractivity contribution is 7.89. The molecule has 0 saturated heterocycles. The van der Waals surface area contributed by atoms with Crippen LogP contribution in [-0.2, 0) is 16.4 Å². The van der Waals surface area contributed by atoms with Crippen LogP contribution < -0.4 is 10.5 Å². The summed E-state index contributed by atoms with van der Waals surface area (Å²) in [6, 6.07) is 4.87. The minimum atomic E-state index is -3.82. The van der Waals surface area contributed by atoms with Crippen LogP contribution in [0.25, 0.3) is 0 Å². The number of nitrogens with one attached hydrogen (secondary N) is 1. The number of carbonyl (C=O) groups excluding carboxylic acids is 1. The van der Waals surface area contributed by atoms with Gasteiger partial charge in [0.25, 0.3) is 5.91 Å². The molecule has 5 nitrogen and oxygen atoms in total. The van der Waals surface area contributed by atoms with E-state index in [1.807, 2.05) is 6.92 Å². The number of hydrogen-bond donors (Lipinski definition) is 2. The van der Waals surface area contributed by atoms with Crippen LogP contribution in [0, 0.1) is 5.92 Å². The van der Waals surface area contributed by atoms with E-state index in [2.05, 4.69) is 12.2 Å². The number of amides is 1. The number of primary sulfonamides is 1. The first kappa shape index (κ1) is 16.0.